The first-order valence-corrected chi connectivity index (χ1v) is 13.6. The molecule has 2 aromatic heterocycles. The number of thiazole rings is 2. The molecule has 0 aliphatic heterocycles. The third-order valence-corrected chi connectivity index (χ3v) is 7.99. The van der Waals surface area contributed by atoms with E-state index in [1.807, 2.05) is 31.6 Å². The summed E-state index contributed by atoms with van der Waals surface area (Å²) >= 11 is 3.04. The highest BCUT2D eigenvalue weighted by atomic mass is 32.1. The van der Waals surface area contributed by atoms with Crippen LogP contribution in [0.15, 0.2) is 41.8 Å². The molecule has 4 N–H and O–H groups in total. The number of phenolic OH excluding ortho intramolecular Hbond substituents is 1. The van der Waals surface area contributed by atoms with Crippen molar-refractivity contribution >= 4 is 45.0 Å². The van der Waals surface area contributed by atoms with Gasteiger partial charge in [-0.05, 0) is 47.2 Å². The molecule has 0 bridgehead atoms. The van der Waals surface area contributed by atoms with Gasteiger partial charge in [0.15, 0.2) is 5.13 Å². The van der Waals surface area contributed by atoms with E-state index in [2.05, 4.69) is 81.0 Å². The Bertz CT molecular complexity index is 1340. The van der Waals surface area contributed by atoms with Gasteiger partial charge in [0.05, 0.1) is 5.69 Å². The molecule has 8 heteroatoms. The minimum Gasteiger partial charge on any atom is -0.507 e. The Morgan fingerprint density at radius 3 is 2.03 bits per heavy atom. The molecule has 0 aliphatic rings. The number of nitrogens with zero attached hydrogens (tertiary/aromatic N) is 3. The van der Waals surface area contributed by atoms with Gasteiger partial charge in [-0.25, -0.2) is 9.97 Å². The SMILES string of the molecule is CN(C)c1ccc(Nc2nc(N)c(-c3nc(-c4cc(C(C)(C)C)c(O)c(C(C)(C)C)c4)cs3)s2)cc1. The van der Waals surface area contributed by atoms with E-state index >= 15 is 0 Å². The molecule has 4 aromatic rings. The molecule has 0 radical (unpaired) electrons. The number of nitrogen functional groups attached to an aromatic ring is 1. The second-order valence-corrected chi connectivity index (χ2v) is 13.1. The van der Waals surface area contributed by atoms with Crippen molar-refractivity contribution in [3.05, 3.63) is 52.9 Å². The summed E-state index contributed by atoms with van der Waals surface area (Å²) in [5, 5.41) is 18.0. The molecule has 6 nitrogen and oxygen atoms in total. The van der Waals surface area contributed by atoms with Gasteiger partial charge in [0, 0.05) is 47.5 Å². The molecule has 0 atom stereocenters. The van der Waals surface area contributed by atoms with Gasteiger partial charge >= 0.3 is 0 Å². The van der Waals surface area contributed by atoms with Gasteiger partial charge in [0.1, 0.15) is 21.5 Å². The quantitative estimate of drug-likeness (QED) is 0.250. The summed E-state index contributed by atoms with van der Waals surface area (Å²) in [4.78, 5) is 12.4. The number of phenols is 1. The fourth-order valence-electron chi connectivity index (χ4n) is 3.94. The molecule has 0 aliphatic carbocycles. The van der Waals surface area contributed by atoms with E-state index in [0.29, 0.717) is 11.6 Å². The molecule has 0 spiro atoms. The Morgan fingerprint density at radius 2 is 1.50 bits per heavy atom. The van der Waals surface area contributed by atoms with Gasteiger partial charge in [-0.1, -0.05) is 52.9 Å². The molecular formula is C28H35N5OS2. The van der Waals surface area contributed by atoms with Gasteiger partial charge in [-0.15, -0.1) is 11.3 Å². The predicted molar refractivity (Wildman–Crippen MR) is 156 cm³/mol. The average Bonchev–Trinajstić information content (AvgIpc) is 3.39. The number of hydrogen-bond acceptors (Lipinski definition) is 8. The van der Waals surface area contributed by atoms with Crippen LogP contribution >= 0.6 is 22.7 Å². The molecule has 2 heterocycles. The van der Waals surface area contributed by atoms with E-state index in [9.17, 15) is 5.11 Å². The van der Waals surface area contributed by atoms with Gasteiger partial charge < -0.3 is 21.1 Å². The van der Waals surface area contributed by atoms with Gasteiger partial charge in [0.25, 0.3) is 0 Å². The smallest absolute Gasteiger partial charge is 0.189 e. The minimum absolute atomic E-state index is 0.202. The number of aromatic hydroxyl groups is 1. The normalized spacial score (nSPS) is 12.1. The van der Waals surface area contributed by atoms with Crippen molar-refractivity contribution in [2.24, 2.45) is 0 Å². The second-order valence-electron chi connectivity index (χ2n) is 11.3. The van der Waals surface area contributed by atoms with Gasteiger partial charge in [-0.3, -0.25) is 0 Å². The summed E-state index contributed by atoms with van der Waals surface area (Å²) < 4.78 is 0. The predicted octanol–water partition coefficient (Wildman–Crippen LogP) is 7.63. The molecule has 0 unspecified atom stereocenters. The molecule has 0 saturated heterocycles. The molecule has 0 saturated carbocycles. The molecular weight excluding hydrogens is 486 g/mol. The molecule has 2 aromatic carbocycles. The molecule has 4 rings (SSSR count). The number of aromatic nitrogens is 2. The van der Waals surface area contributed by atoms with Crippen LogP contribution in [-0.4, -0.2) is 29.2 Å². The summed E-state index contributed by atoms with van der Waals surface area (Å²) in [5.74, 6) is 0.833. The zero-order valence-electron chi connectivity index (χ0n) is 22.2. The van der Waals surface area contributed by atoms with Crippen LogP contribution in [0.2, 0.25) is 0 Å². The van der Waals surface area contributed by atoms with Crippen LogP contribution in [0.3, 0.4) is 0 Å². The van der Waals surface area contributed by atoms with E-state index in [1.165, 1.54) is 11.3 Å². The largest absolute Gasteiger partial charge is 0.507 e. The summed E-state index contributed by atoms with van der Waals surface area (Å²) in [6, 6.07) is 12.3. The van der Waals surface area contributed by atoms with Crippen molar-refractivity contribution < 1.29 is 5.11 Å². The lowest BCUT2D eigenvalue weighted by atomic mass is 9.78. The topological polar surface area (TPSA) is 87.3 Å². The minimum atomic E-state index is -0.202. The van der Waals surface area contributed by atoms with Gasteiger partial charge in [0.2, 0.25) is 0 Å². The van der Waals surface area contributed by atoms with Crippen LogP contribution in [0, 0.1) is 0 Å². The number of hydrogen-bond donors (Lipinski definition) is 3. The number of nitrogens with two attached hydrogens (primary N) is 1. The molecule has 190 valence electrons. The van der Waals surface area contributed by atoms with E-state index in [-0.39, 0.29) is 10.8 Å². The summed E-state index contributed by atoms with van der Waals surface area (Å²) in [6.07, 6.45) is 0. The van der Waals surface area contributed by atoms with Crippen LogP contribution in [-0.2, 0) is 10.8 Å². The van der Waals surface area contributed by atoms with Crippen LogP contribution in [0.1, 0.15) is 52.7 Å². The molecule has 0 fully saturated rings. The summed E-state index contributed by atoms with van der Waals surface area (Å²) in [5.41, 5.74) is 11.7. The van der Waals surface area contributed by atoms with Crippen molar-refractivity contribution in [1.29, 1.82) is 0 Å². The third kappa shape index (κ3) is 5.34. The Morgan fingerprint density at radius 1 is 0.917 bits per heavy atom. The van der Waals surface area contributed by atoms with Crippen LogP contribution in [0.4, 0.5) is 22.3 Å². The number of benzene rings is 2. The zero-order valence-corrected chi connectivity index (χ0v) is 23.9. The van der Waals surface area contributed by atoms with E-state index in [0.717, 1.165) is 48.8 Å². The maximum Gasteiger partial charge on any atom is 0.189 e. The standard InChI is InChI=1S/C28H35N5OS2/c1-27(2,3)19-13-16(14-20(22(19)34)28(4,5)6)21-15-35-25(31-21)23-24(29)32-26(36-23)30-17-9-11-18(12-10-17)33(7)8/h9-15,34H,29H2,1-8H3,(H,30,32). The van der Waals surface area contributed by atoms with Crippen molar-refractivity contribution in [3.63, 3.8) is 0 Å². The summed E-state index contributed by atoms with van der Waals surface area (Å²) in [6.45, 7) is 12.7. The highest BCUT2D eigenvalue weighted by Crippen LogP contribution is 2.44. The summed E-state index contributed by atoms with van der Waals surface area (Å²) in [7, 11) is 4.04. The van der Waals surface area contributed by atoms with E-state index in [1.54, 1.807) is 11.3 Å². The highest BCUT2D eigenvalue weighted by Gasteiger charge is 2.27. The lowest BCUT2D eigenvalue weighted by Gasteiger charge is -2.28. The maximum atomic E-state index is 11.1. The Labute approximate surface area is 221 Å². The first kappa shape index (κ1) is 26.0. The molecule has 0 amide bonds. The van der Waals surface area contributed by atoms with E-state index in [4.69, 9.17) is 10.7 Å². The van der Waals surface area contributed by atoms with E-state index < -0.39 is 0 Å². The second kappa shape index (κ2) is 9.41. The number of nitrogens with one attached hydrogen (secondary N) is 1. The average molecular weight is 522 g/mol. The third-order valence-electron chi connectivity index (χ3n) is 6.01. The monoisotopic (exact) mass is 521 g/mol. The number of anilines is 4. The van der Waals surface area contributed by atoms with Crippen molar-refractivity contribution in [1.82, 2.24) is 9.97 Å². The van der Waals surface area contributed by atoms with Crippen molar-refractivity contribution in [2.45, 2.75) is 52.4 Å². The van der Waals surface area contributed by atoms with Crippen LogP contribution < -0.4 is 16.0 Å². The fourth-order valence-corrected chi connectivity index (χ4v) is 5.77. The maximum absolute atomic E-state index is 11.1. The lowest BCUT2D eigenvalue weighted by Crippen LogP contribution is -2.17. The Kier molecular flexibility index (Phi) is 6.79. The van der Waals surface area contributed by atoms with Crippen LogP contribution in [0.25, 0.3) is 21.1 Å². The molecule has 36 heavy (non-hydrogen) atoms. The lowest BCUT2D eigenvalue weighted by molar-refractivity contribution is 0.423. The van der Waals surface area contributed by atoms with Crippen LogP contribution in [0.5, 0.6) is 5.75 Å². The first-order valence-electron chi connectivity index (χ1n) is 11.9. The fraction of sp³-hybridized carbons (Fsp3) is 0.357. The number of rotatable bonds is 5. The van der Waals surface area contributed by atoms with Crippen molar-refractivity contribution in [3.8, 4) is 26.9 Å². The Balaban J connectivity index is 1.66. The van der Waals surface area contributed by atoms with Gasteiger partial charge in [-0.2, -0.15) is 0 Å². The Hall–Kier alpha value is -3.10. The first-order chi connectivity index (χ1) is 16.7. The van der Waals surface area contributed by atoms with Crippen molar-refractivity contribution in [2.75, 3.05) is 30.0 Å². The zero-order chi connectivity index (χ0) is 26.4. The highest BCUT2D eigenvalue weighted by molar-refractivity contribution is 7.23.